The topological polar surface area (TPSA) is 47.9 Å². The maximum atomic E-state index is 10.1. The lowest BCUT2D eigenvalue weighted by Gasteiger charge is -2.17. The normalized spacial score (nSPS) is 11.8. The van der Waals surface area contributed by atoms with Crippen molar-refractivity contribution in [2.75, 3.05) is 21.3 Å². The Morgan fingerprint density at radius 3 is 2.17 bits per heavy atom. The number of ether oxygens (including phenoxy) is 3. The Kier molecular flexibility index (Phi) is 5.52. The molecular weight excluding hydrogens is 232 g/mol. The SMILES string of the molecule is C=CCCC(O)c1cc(OC)c(OC)cc1OC. The van der Waals surface area contributed by atoms with Gasteiger partial charge in [0.2, 0.25) is 0 Å². The first-order valence-electron chi connectivity index (χ1n) is 5.76. The second kappa shape index (κ2) is 6.91. The van der Waals surface area contributed by atoms with Gasteiger partial charge in [-0.2, -0.15) is 0 Å². The maximum Gasteiger partial charge on any atom is 0.164 e. The number of benzene rings is 1. The molecule has 1 aromatic carbocycles. The molecule has 1 aromatic rings. The van der Waals surface area contributed by atoms with Crippen LogP contribution in [0.2, 0.25) is 0 Å². The highest BCUT2D eigenvalue weighted by atomic mass is 16.5. The Labute approximate surface area is 108 Å². The molecule has 1 N–H and O–H groups in total. The van der Waals surface area contributed by atoms with Crippen molar-refractivity contribution in [1.29, 1.82) is 0 Å². The van der Waals surface area contributed by atoms with Crippen molar-refractivity contribution in [1.82, 2.24) is 0 Å². The quantitative estimate of drug-likeness (QED) is 0.758. The molecule has 0 bridgehead atoms. The Hall–Kier alpha value is -1.68. The van der Waals surface area contributed by atoms with Crippen molar-refractivity contribution < 1.29 is 19.3 Å². The van der Waals surface area contributed by atoms with Crippen molar-refractivity contribution in [3.63, 3.8) is 0 Å². The van der Waals surface area contributed by atoms with E-state index in [2.05, 4.69) is 6.58 Å². The zero-order chi connectivity index (χ0) is 13.5. The van der Waals surface area contributed by atoms with E-state index in [1.807, 2.05) is 0 Å². The van der Waals surface area contributed by atoms with Gasteiger partial charge in [-0.1, -0.05) is 6.08 Å². The van der Waals surface area contributed by atoms with Crippen LogP contribution in [0.3, 0.4) is 0 Å². The highest BCUT2D eigenvalue weighted by Crippen LogP contribution is 2.38. The summed E-state index contributed by atoms with van der Waals surface area (Å²) in [4.78, 5) is 0. The van der Waals surface area contributed by atoms with Crippen LogP contribution in [0.4, 0.5) is 0 Å². The predicted octanol–water partition coefficient (Wildman–Crippen LogP) is 2.71. The fraction of sp³-hybridized carbons (Fsp3) is 0.429. The number of methoxy groups -OCH3 is 3. The van der Waals surface area contributed by atoms with E-state index in [9.17, 15) is 5.11 Å². The van der Waals surface area contributed by atoms with Crippen LogP contribution in [0.1, 0.15) is 24.5 Å². The molecule has 1 rings (SSSR count). The molecule has 0 aromatic heterocycles. The fourth-order valence-corrected chi connectivity index (χ4v) is 1.74. The van der Waals surface area contributed by atoms with Gasteiger partial charge in [0, 0.05) is 11.6 Å². The summed E-state index contributed by atoms with van der Waals surface area (Å²) in [5.41, 5.74) is 0.692. The van der Waals surface area contributed by atoms with Crippen molar-refractivity contribution in [2.45, 2.75) is 18.9 Å². The number of hydrogen-bond donors (Lipinski definition) is 1. The van der Waals surface area contributed by atoms with E-state index in [-0.39, 0.29) is 0 Å². The van der Waals surface area contributed by atoms with Crippen LogP contribution in [0.25, 0.3) is 0 Å². The molecule has 0 spiro atoms. The van der Waals surface area contributed by atoms with E-state index < -0.39 is 6.10 Å². The molecule has 4 nitrogen and oxygen atoms in total. The van der Waals surface area contributed by atoms with Crippen LogP contribution < -0.4 is 14.2 Å². The van der Waals surface area contributed by atoms with E-state index >= 15 is 0 Å². The average molecular weight is 252 g/mol. The van der Waals surface area contributed by atoms with E-state index in [0.29, 0.717) is 29.2 Å². The second-order valence-corrected chi connectivity index (χ2v) is 3.83. The average Bonchev–Trinajstić information content (AvgIpc) is 2.42. The summed E-state index contributed by atoms with van der Waals surface area (Å²) in [5.74, 6) is 1.74. The highest BCUT2D eigenvalue weighted by Gasteiger charge is 2.17. The van der Waals surface area contributed by atoms with Gasteiger partial charge in [-0.15, -0.1) is 6.58 Å². The molecular formula is C14H20O4. The molecule has 0 aliphatic carbocycles. The van der Waals surface area contributed by atoms with Gasteiger partial charge in [-0.3, -0.25) is 0 Å². The minimum Gasteiger partial charge on any atom is -0.496 e. The van der Waals surface area contributed by atoms with Gasteiger partial charge in [0.05, 0.1) is 27.4 Å². The van der Waals surface area contributed by atoms with Gasteiger partial charge in [0.25, 0.3) is 0 Å². The van der Waals surface area contributed by atoms with Crippen LogP contribution in [-0.2, 0) is 0 Å². The monoisotopic (exact) mass is 252 g/mol. The van der Waals surface area contributed by atoms with Gasteiger partial charge in [-0.05, 0) is 18.9 Å². The van der Waals surface area contributed by atoms with E-state index in [4.69, 9.17) is 14.2 Å². The Morgan fingerprint density at radius 1 is 1.11 bits per heavy atom. The molecule has 0 aliphatic rings. The first-order chi connectivity index (χ1) is 8.67. The summed E-state index contributed by atoms with van der Waals surface area (Å²) in [7, 11) is 4.68. The molecule has 0 saturated carbocycles. The van der Waals surface area contributed by atoms with E-state index in [1.54, 1.807) is 39.5 Å². The molecule has 0 amide bonds. The maximum absolute atomic E-state index is 10.1. The first kappa shape index (κ1) is 14.4. The highest BCUT2D eigenvalue weighted by molar-refractivity contribution is 5.51. The van der Waals surface area contributed by atoms with Gasteiger partial charge < -0.3 is 19.3 Å². The van der Waals surface area contributed by atoms with Gasteiger partial charge in [0.1, 0.15) is 5.75 Å². The molecule has 18 heavy (non-hydrogen) atoms. The first-order valence-corrected chi connectivity index (χ1v) is 5.76. The van der Waals surface area contributed by atoms with E-state index in [0.717, 1.165) is 6.42 Å². The summed E-state index contributed by atoms with van der Waals surface area (Å²) >= 11 is 0. The molecule has 0 heterocycles. The van der Waals surface area contributed by atoms with Crippen LogP contribution in [-0.4, -0.2) is 26.4 Å². The zero-order valence-electron chi connectivity index (χ0n) is 11.1. The summed E-state index contributed by atoms with van der Waals surface area (Å²) in [6.45, 7) is 3.64. The van der Waals surface area contributed by atoms with Gasteiger partial charge in [-0.25, -0.2) is 0 Å². The second-order valence-electron chi connectivity index (χ2n) is 3.83. The minimum absolute atomic E-state index is 0.575. The van der Waals surface area contributed by atoms with Crippen molar-refractivity contribution in [2.24, 2.45) is 0 Å². The summed E-state index contributed by atoms with van der Waals surface area (Å²) in [6.07, 6.45) is 2.49. The lowest BCUT2D eigenvalue weighted by molar-refractivity contribution is 0.164. The van der Waals surface area contributed by atoms with Crippen LogP contribution in [0.15, 0.2) is 24.8 Å². The molecule has 0 fully saturated rings. The lowest BCUT2D eigenvalue weighted by Crippen LogP contribution is -2.02. The third kappa shape index (κ3) is 3.17. The molecule has 4 heteroatoms. The molecule has 0 radical (unpaired) electrons. The number of hydrogen-bond acceptors (Lipinski definition) is 4. The van der Waals surface area contributed by atoms with Crippen molar-refractivity contribution in [3.8, 4) is 17.2 Å². The summed E-state index contributed by atoms with van der Waals surface area (Å²) < 4.78 is 15.7. The van der Waals surface area contributed by atoms with E-state index in [1.165, 1.54) is 0 Å². The smallest absolute Gasteiger partial charge is 0.164 e. The summed E-state index contributed by atoms with van der Waals surface area (Å²) in [5, 5.41) is 10.1. The number of aliphatic hydroxyl groups excluding tert-OH is 1. The van der Waals surface area contributed by atoms with Gasteiger partial charge >= 0.3 is 0 Å². The Bertz CT molecular complexity index is 401. The number of aliphatic hydroxyl groups is 1. The minimum atomic E-state index is -0.613. The third-order valence-electron chi connectivity index (χ3n) is 2.74. The molecule has 1 unspecified atom stereocenters. The van der Waals surface area contributed by atoms with Crippen LogP contribution in [0, 0.1) is 0 Å². The molecule has 1 atom stereocenters. The fourth-order valence-electron chi connectivity index (χ4n) is 1.74. The zero-order valence-corrected chi connectivity index (χ0v) is 11.1. The van der Waals surface area contributed by atoms with Crippen LogP contribution >= 0.6 is 0 Å². The molecule has 0 saturated heterocycles. The number of rotatable bonds is 7. The number of allylic oxidation sites excluding steroid dienone is 1. The third-order valence-corrected chi connectivity index (χ3v) is 2.74. The Morgan fingerprint density at radius 2 is 1.67 bits per heavy atom. The van der Waals surface area contributed by atoms with Crippen molar-refractivity contribution >= 4 is 0 Å². The lowest BCUT2D eigenvalue weighted by atomic mass is 10.0. The largest absolute Gasteiger partial charge is 0.496 e. The Balaban J connectivity index is 3.11. The summed E-state index contributed by atoms with van der Waals surface area (Å²) in [6, 6.07) is 3.46. The van der Waals surface area contributed by atoms with Crippen molar-refractivity contribution in [3.05, 3.63) is 30.4 Å². The predicted molar refractivity (Wildman–Crippen MR) is 70.5 cm³/mol. The molecule has 100 valence electrons. The van der Waals surface area contributed by atoms with Gasteiger partial charge in [0.15, 0.2) is 11.5 Å². The standard InChI is InChI=1S/C14H20O4/c1-5-6-7-11(15)10-8-13(17-3)14(18-4)9-12(10)16-2/h5,8-9,11,15H,1,6-7H2,2-4H3. The molecule has 0 aliphatic heterocycles. The van der Waals surface area contributed by atoms with Crippen LogP contribution in [0.5, 0.6) is 17.2 Å².